The van der Waals surface area contributed by atoms with Gasteiger partial charge in [-0.05, 0) is 55.3 Å². The van der Waals surface area contributed by atoms with E-state index >= 15 is 0 Å². The molecule has 0 unspecified atom stereocenters. The molecule has 0 spiro atoms. The lowest BCUT2D eigenvalue weighted by molar-refractivity contribution is 0.911. The molecule has 4 heteroatoms. The maximum Gasteiger partial charge on any atom is 0.0963 e. The molecule has 1 aliphatic heterocycles. The van der Waals surface area contributed by atoms with Crippen LogP contribution in [0.15, 0.2) is 96.1 Å². The van der Waals surface area contributed by atoms with E-state index in [2.05, 4.69) is 93.0 Å². The molecule has 32 heavy (non-hydrogen) atoms. The minimum atomic E-state index is 0.974. The lowest BCUT2D eigenvalue weighted by Crippen LogP contribution is -2.04. The normalized spacial score (nSPS) is 13.2. The van der Waals surface area contributed by atoms with Crippen LogP contribution in [0.3, 0.4) is 0 Å². The van der Waals surface area contributed by atoms with Crippen molar-refractivity contribution in [2.75, 3.05) is 0 Å². The highest BCUT2D eigenvalue weighted by Gasteiger charge is 2.20. The lowest BCUT2D eigenvalue weighted by atomic mass is 10.1. The molecule has 1 aliphatic rings. The highest BCUT2D eigenvalue weighted by Crippen LogP contribution is 2.39. The summed E-state index contributed by atoms with van der Waals surface area (Å²) >= 11 is 0. The highest BCUT2D eigenvalue weighted by molar-refractivity contribution is 6.07. The summed E-state index contributed by atoms with van der Waals surface area (Å²) in [6.45, 7) is 0. The summed E-state index contributed by atoms with van der Waals surface area (Å²) in [7, 11) is 0. The zero-order valence-electron chi connectivity index (χ0n) is 17.4. The van der Waals surface area contributed by atoms with Gasteiger partial charge in [0, 0.05) is 40.3 Å². The van der Waals surface area contributed by atoms with Crippen LogP contribution in [0.5, 0.6) is 0 Å². The van der Waals surface area contributed by atoms with Gasteiger partial charge in [0.25, 0.3) is 0 Å². The van der Waals surface area contributed by atoms with Crippen molar-refractivity contribution in [1.29, 1.82) is 0 Å². The second kappa shape index (κ2) is 6.66. The number of benzene rings is 3. The Morgan fingerprint density at radius 3 is 2.25 bits per heavy atom. The molecule has 4 heterocycles. The third-order valence-electron chi connectivity index (χ3n) is 6.45. The Labute approximate surface area is 185 Å². The second-order valence-corrected chi connectivity index (χ2v) is 8.24. The largest absolute Gasteiger partial charge is 0.311 e. The van der Waals surface area contributed by atoms with Gasteiger partial charge >= 0.3 is 0 Å². The number of pyridine rings is 1. The minimum absolute atomic E-state index is 0.974. The van der Waals surface area contributed by atoms with E-state index in [0.29, 0.717) is 0 Å². The molecule has 3 aromatic carbocycles. The van der Waals surface area contributed by atoms with E-state index in [9.17, 15) is 0 Å². The standard InChI is InChI=1S/C28H20N4/c1-3-12-23-21(10-1)27-25(14-6-16-29-27)31(23)19-8-5-9-20(18-19)32-24-13-4-2-11-22(24)28-26(32)15-7-17-30-28/h1-6,8-14,16-18H,7,15H2. The topological polar surface area (TPSA) is 35.1 Å². The van der Waals surface area contributed by atoms with Crippen molar-refractivity contribution in [1.82, 2.24) is 14.1 Å². The summed E-state index contributed by atoms with van der Waals surface area (Å²) in [5.41, 5.74) is 9.22. The molecular weight excluding hydrogens is 392 g/mol. The molecule has 6 aromatic rings. The first kappa shape index (κ1) is 17.5. The van der Waals surface area contributed by atoms with Gasteiger partial charge in [0.15, 0.2) is 0 Å². The van der Waals surface area contributed by atoms with Crippen LogP contribution in [-0.4, -0.2) is 20.3 Å². The summed E-state index contributed by atoms with van der Waals surface area (Å²) in [4.78, 5) is 9.45. The molecule has 0 N–H and O–H groups in total. The van der Waals surface area contributed by atoms with Gasteiger partial charge in [-0.25, -0.2) is 0 Å². The van der Waals surface area contributed by atoms with Crippen LogP contribution in [0.4, 0.5) is 5.69 Å². The predicted octanol–water partition coefficient (Wildman–Crippen LogP) is 6.77. The summed E-state index contributed by atoms with van der Waals surface area (Å²) < 4.78 is 4.70. The number of aromatic nitrogens is 3. The molecular formula is C28H20N4. The Balaban J connectivity index is 1.53. The molecule has 0 atom stereocenters. The number of hydrogen-bond donors (Lipinski definition) is 0. The van der Waals surface area contributed by atoms with Gasteiger partial charge in [0.2, 0.25) is 0 Å². The van der Waals surface area contributed by atoms with Gasteiger partial charge in [-0.15, -0.1) is 0 Å². The first-order chi connectivity index (χ1) is 15.9. The summed E-state index contributed by atoms with van der Waals surface area (Å²) in [6, 6.07) is 30.0. The van der Waals surface area contributed by atoms with Crippen LogP contribution in [0.2, 0.25) is 0 Å². The van der Waals surface area contributed by atoms with Crippen molar-refractivity contribution in [2.45, 2.75) is 12.8 Å². The average Bonchev–Trinajstić information content (AvgIpc) is 3.37. The van der Waals surface area contributed by atoms with Crippen LogP contribution in [0, 0.1) is 0 Å². The van der Waals surface area contributed by atoms with E-state index in [1.54, 1.807) is 0 Å². The van der Waals surface area contributed by atoms with Gasteiger partial charge in [0.05, 0.1) is 27.8 Å². The first-order valence-corrected chi connectivity index (χ1v) is 11.0. The third-order valence-corrected chi connectivity index (χ3v) is 6.45. The Bertz CT molecular complexity index is 1630. The summed E-state index contributed by atoms with van der Waals surface area (Å²) in [6.07, 6.45) is 5.88. The summed E-state index contributed by atoms with van der Waals surface area (Å²) in [5, 5.41) is 2.39. The molecule has 7 rings (SSSR count). The van der Waals surface area contributed by atoms with Crippen LogP contribution < -0.4 is 0 Å². The smallest absolute Gasteiger partial charge is 0.0963 e. The monoisotopic (exact) mass is 412 g/mol. The van der Waals surface area contributed by atoms with Crippen molar-refractivity contribution in [3.63, 3.8) is 0 Å². The molecule has 152 valence electrons. The molecule has 0 fully saturated rings. The zero-order chi connectivity index (χ0) is 21.1. The van der Waals surface area contributed by atoms with Gasteiger partial charge in [-0.3, -0.25) is 9.98 Å². The van der Waals surface area contributed by atoms with E-state index in [-0.39, 0.29) is 0 Å². The van der Waals surface area contributed by atoms with E-state index < -0.39 is 0 Å². The fourth-order valence-electron chi connectivity index (χ4n) is 5.13. The van der Waals surface area contributed by atoms with Crippen molar-refractivity contribution in [3.05, 3.63) is 96.8 Å². The average molecular weight is 412 g/mol. The molecule has 0 aliphatic carbocycles. The van der Waals surface area contributed by atoms with Gasteiger partial charge in [-0.2, -0.15) is 0 Å². The predicted molar refractivity (Wildman–Crippen MR) is 132 cm³/mol. The SMILES string of the molecule is C1=Nc2c(n(-c3cccc(-n4c5ccccc5c5ncccc54)c3)c3ccccc23)CC1. The molecule has 0 saturated carbocycles. The van der Waals surface area contributed by atoms with Crippen molar-refractivity contribution >= 4 is 44.7 Å². The Kier molecular flexibility index (Phi) is 3.64. The highest BCUT2D eigenvalue weighted by atomic mass is 15.0. The van der Waals surface area contributed by atoms with E-state index in [1.807, 2.05) is 18.5 Å². The molecule has 3 aromatic heterocycles. The number of hydrogen-bond acceptors (Lipinski definition) is 2. The Morgan fingerprint density at radius 2 is 1.38 bits per heavy atom. The third kappa shape index (κ3) is 2.38. The van der Waals surface area contributed by atoms with Gasteiger partial charge < -0.3 is 9.13 Å². The molecule has 0 bridgehead atoms. The maximum atomic E-state index is 4.76. The Morgan fingerprint density at radius 1 is 0.656 bits per heavy atom. The van der Waals surface area contributed by atoms with E-state index in [0.717, 1.165) is 40.9 Å². The molecule has 4 nitrogen and oxygen atoms in total. The molecule has 0 amide bonds. The molecule has 0 saturated heterocycles. The number of nitrogens with zero attached hydrogens (tertiary/aromatic N) is 4. The zero-order valence-corrected chi connectivity index (χ0v) is 17.4. The lowest BCUT2D eigenvalue weighted by Gasteiger charge is -2.15. The van der Waals surface area contributed by atoms with Crippen LogP contribution in [0.1, 0.15) is 12.1 Å². The van der Waals surface area contributed by atoms with Gasteiger partial charge in [0.1, 0.15) is 0 Å². The second-order valence-electron chi connectivity index (χ2n) is 8.24. The van der Waals surface area contributed by atoms with Crippen LogP contribution in [0.25, 0.3) is 44.2 Å². The van der Waals surface area contributed by atoms with Crippen LogP contribution >= 0.6 is 0 Å². The fourth-order valence-corrected chi connectivity index (χ4v) is 5.13. The van der Waals surface area contributed by atoms with Crippen molar-refractivity contribution in [3.8, 4) is 11.4 Å². The number of fused-ring (bicyclic) bond motifs is 6. The molecule has 0 radical (unpaired) electrons. The maximum absolute atomic E-state index is 4.76. The Hall–Kier alpha value is -4.18. The van der Waals surface area contributed by atoms with Crippen molar-refractivity contribution < 1.29 is 0 Å². The van der Waals surface area contributed by atoms with E-state index in [1.165, 1.54) is 27.5 Å². The quantitative estimate of drug-likeness (QED) is 0.309. The number of rotatable bonds is 2. The van der Waals surface area contributed by atoms with Crippen LogP contribution in [-0.2, 0) is 6.42 Å². The summed E-state index contributed by atoms with van der Waals surface area (Å²) in [5.74, 6) is 0. The first-order valence-electron chi connectivity index (χ1n) is 11.0. The minimum Gasteiger partial charge on any atom is -0.311 e. The van der Waals surface area contributed by atoms with Gasteiger partial charge in [-0.1, -0.05) is 42.5 Å². The fraction of sp³-hybridized carbons (Fsp3) is 0.0714. The van der Waals surface area contributed by atoms with Crippen molar-refractivity contribution in [2.24, 2.45) is 4.99 Å². The number of aliphatic imine (C=N–C) groups is 1. The van der Waals surface area contributed by atoms with E-state index in [4.69, 9.17) is 4.99 Å². The number of para-hydroxylation sites is 2.